The van der Waals surface area contributed by atoms with E-state index in [0.29, 0.717) is 11.9 Å². The van der Waals surface area contributed by atoms with E-state index >= 15 is 0 Å². The number of nitrogen functional groups attached to an aromatic ring is 1. The molecule has 1 heterocycles. The first-order valence-electron chi connectivity index (χ1n) is 4.04. The third kappa shape index (κ3) is 1.97. The molecule has 0 amide bonds. The molecule has 0 aliphatic carbocycles. The van der Waals surface area contributed by atoms with Crippen LogP contribution in [0.1, 0.15) is 38.3 Å². The van der Waals surface area contributed by atoms with Gasteiger partial charge in [0.2, 0.25) is 0 Å². The molecule has 0 bridgehead atoms. The highest BCUT2D eigenvalue weighted by Gasteiger charge is 2.05. The molecule has 3 heteroatoms. The summed E-state index contributed by atoms with van der Waals surface area (Å²) in [6.07, 6.45) is 4.19. The van der Waals surface area contributed by atoms with Crippen molar-refractivity contribution in [2.45, 2.75) is 32.6 Å². The van der Waals surface area contributed by atoms with Crippen molar-refractivity contribution < 1.29 is 0 Å². The molecule has 0 aliphatic rings. The van der Waals surface area contributed by atoms with Crippen molar-refractivity contribution in [3.05, 3.63) is 11.9 Å². The van der Waals surface area contributed by atoms with Crippen molar-refractivity contribution >= 4 is 5.95 Å². The number of hydrogen-bond acceptors (Lipinski definition) is 2. The molecule has 0 radical (unpaired) electrons. The fourth-order valence-corrected chi connectivity index (χ4v) is 1.19. The van der Waals surface area contributed by atoms with Crippen LogP contribution in [-0.4, -0.2) is 9.97 Å². The molecular weight excluding hydrogens is 138 g/mol. The molecule has 0 aliphatic heterocycles. The molecule has 1 aromatic heterocycles. The molecule has 1 rings (SSSR count). The quantitative estimate of drug-likeness (QED) is 0.696. The van der Waals surface area contributed by atoms with Gasteiger partial charge in [0, 0.05) is 5.69 Å². The molecule has 11 heavy (non-hydrogen) atoms. The first-order chi connectivity index (χ1) is 5.24. The summed E-state index contributed by atoms with van der Waals surface area (Å²) in [5.74, 6) is 1.06. The third-order valence-electron chi connectivity index (χ3n) is 1.87. The lowest BCUT2D eigenvalue weighted by atomic mass is 10.0. The minimum atomic E-state index is 0.517. The SMILES string of the molecule is CCCC(C)c1cnc(N)[nH]1. The van der Waals surface area contributed by atoms with Crippen LogP contribution in [0.4, 0.5) is 5.95 Å². The number of anilines is 1. The predicted octanol–water partition coefficient (Wildman–Crippen LogP) is 1.90. The Labute approximate surface area is 67.0 Å². The zero-order chi connectivity index (χ0) is 8.27. The predicted molar refractivity (Wildman–Crippen MR) is 46.3 cm³/mol. The zero-order valence-corrected chi connectivity index (χ0v) is 7.09. The Balaban J connectivity index is 2.60. The van der Waals surface area contributed by atoms with Gasteiger partial charge in [-0.05, 0) is 12.3 Å². The summed E-state index contributed by atoms with van der Waals surface area (Å²) < 4.78 is 0. The van der Waals surface area contributed by atoms with Crippen molar-refractivity contribution in [3.63, 3.8) is 0 Å². The Morgan fingerprint density at radius 2 is 2.45 bits per heavy atom. The Bertz CT molecular complexity index is 217. The number of hydrogen-bond donors (Lipinski definition) is 2. The van der Waals surface area contributed by atoms with E-state index in [4.69, 9.17) is 5.73 Å². The lowest BCUT2D eigenvalue weighted by molar-refractivity contribution is 0.651. The largest absolute Gasteiger partial charge is 0.369 e. The Hall–Kier alpha value is -0.990. The number of nitrogens with two attached hydrogens (primary N) is 1. The summed E-state index contributed by atoms with van der Waals surface area (Å²) >= 11 is 0. The highest BCUT2D eigenvalue weighted by atomic mass is 15.0. The number of nitrogens with one attached hydrogen (secondary N) is 1. The van der Waals surface area contributed by atoms with E-state index in [1.807, 2.05) is 6.20 Å². The smallest absolute Gasteiger partial charge is 0.197 e. The maximum Gasteiger partial charge on any atom is 0.197 e. The van der Waals surface area contributed by atoms with Crippen molar-refractivity contribution in [3.8, 4) is 0 Å². The monoisotopic (exact) mass is 153 g/mol. The van der Waals surface area contributed by atoms with Crippen LogP contribution in [0, 0.1) is 0 Å². The second-order valence-corrected chi connectivity index (χ2v) is 2.91. The number of aromatic amines is 1. The van der Waals surface area contributed by atoms with Gasteiger partial charge in [0.1, 0.15) is 0 Å². The fourth-order valence-electron chi connectivity index (χ4n) is 1.19. The first kappa shape index (κ1) is 8.11. The van der Waals surface area contributed by atoms with Gasteiger partial charge >= 0.3 is 0 Å². The molecule has 0 spiro atoms. The van der Waals surface area contributed by atoms with Crippen LogP contribution in [-0.2, 0) is 0 Å². The van der Waals surface area contributed by atoms with Crippen LogP contribution in [0.5, 0.6) is 0 Å². The van der Waals surface area contributed by atoms with Crippen LogP contribution < -0.4 is 5.73 Å². The van der Waals surface area contributed by atoms with Crippen LogP contribution >= 0.6 is 0 Å². The van der Waals surface area contributed by atoms with Crippen LogP contribution in [0.3, 0.4) is 0 Å². The maximum absolute atomic E-state index is 5.45. The van der Waals surface area contributed by atoms with E-state index in [1.54, 1.807) is 0 Å². The maximum atomic E-state index is 5.45. The van der Waals surface area contributed by atoms with Gasteiger partial charge in [-0.15, -0.1) is 0 Å². The van der Waals surface area contributed by atoms with Crippen molar-refractivity contribution in [1.29, 1.82) is 0 Å². The van der Waals surface area contributed by atoms with Gasteiger partial charge < -0.3 is 10.7 Å². The highest BCUT2D eigenvalue weighted by Crippen LogP contribution is 2.18. The van der Waals surface area contributed by atoms with Gasteiger partial charge in [-0.25, -0.2) is 4.98 Å². The van der Waals surface area contributed by atoms with Crippen molar-refractivity contribution in [2.75, 3.05) is 5.73 Å². The molecule has 0 saturated carbocycles. The minimum Gasteiger partial charge on any atom is -0.369 e. The van der Waals surface area contributed by atoms with Crippen LogP contribution in [0.2, 0.25) is 0 Å². The number of rotatable bonds is 3. The summed E-state index contributed by atoms with van der Waals surface area (Å²) in [6.45, 7) is 4.35. The molecule has 1 aromatic rings. The number of nitrogens with zero attached hydrogens (tertiary/aromatic N) is 1. The third-order valence-corrected chi connectivity index (χ3v) is 1.87. The molecule has 0 aromatic carbocycles. The summed E-state index contributed by atoms with van der Waals surface area (Å²) in [5, 5.41) is 0. The summed E-state index contributed by atoms with van der Waals surface area (Å²) in [7, 11) is 0. The summed E-state index contributed by atoms with van der Waals surface area (Å²) in [4.78, 5) is 6.97. The van der Waals surface area contributed by atoms with Gasteiger partial charge in [0.15, 0.2) is 5.95 Å². The second-order valence-electron chi connectivity index (χ2n) is 2.91. The van der Waals surface area contributed by atoms with Gasteiger partial charge in [-0.2, -0.15) is 0 Å². The Morgan fingerprint density at radius 3 is 2.91 bits per heavy atom. The van der Waals surface area contributed by atoms with Gasteiger partial charge in [-0.3, -0.25) is 0 Å². The van der Waals surface area contributed by atoms with Crippen molar-refractivity contribution in [1.82, 2.24) is 9.97 Å². The van der Waals surface area contributed by atoms with Crippen molar-refractivity contribution in [2.24, 2.45) is 0 Å². The van der Waals surface area contributed by atoms with Crippen LogP contribution in [0.25, 0.3) is 0 Å². The van der Waals surface area contributed by atoms with Gasteiger partial charge in [0.25, 0.3) is 0 Å². The van der Waals surface area contributed by atoms with Crippen LogP contribution in [0.15, 0.2) is 6.20 Å². The highest BCUT2D eigenvalue weighted by molar-refractivity contribution is 5.20. The molecule has 0 saturated heterocycles. The molecule has 62 valence electrons. The summed E-state index contributed by atoms with van der Waals surface area (Å²) in [5.41, 5.74) is 6.59. The van der Waals surface area contributed by atoms with E-state index in [1.165, 1.54) is 12.8 Å². The van der Waals surface area contributed by atoms with E-state index in [2.05, 4.69) is 23.8 Å². The average Bonchev–Trinajstić information content (AvgIpc) is 2.36. The molecule has 1 unspecified atom stereocenters. The number of aromatic nitrogens is 2. The minimum absolute atomic E-state index is 0.517. The van der Waals surface area contributed by atoms with E-state index in [0.717, 1.165) is 5.69 Å². The number of H-pyrrole nitrogens is 1. The molecular formula is C8H15N3. The lowest BCUT2D eigenvalue weighted by Crippen LogP contribution is -1.93. The standard InChI is InChI=1S/C8H15N3/c1-3-4-6(2)7-5-10-8(9)11-7/h5-6H,3-4H2,1-2H3,(H3,9,10,11). The summed E-state index contributed by atoms with van der Waals surface area (Å²) in [6, 6.07) is 0. The topological polar surface area (TPSA) is 54.7 Å². The molecule has 3 N–H and O–H groups in total. The van der Waals surface area contributed by atoms with E-state index in [9.17, 15) is 0 Å². The van der Waals surface area contributed by atoms with Gasteiger partial charge in [-0.1, -0.05) is 20.3 Å². The first-order valence-corrected chi connectivity index (χ1v) is 4.04. The molecule has 3 nitrogen and oxygen atoms in total. The Kier molecular flexibility index (Phi) is 2.52. The van der Waals surface area contributed by atoms with E-state index in [-0.39, 0.29) is 0 Å². The molecule has 0 fully saturated rings. The number of imidazole rings is 1. The lowest BCUT2D eigenvalue weighted by Gasteiger charge is -2.05. The second kappa shape index (κ2) is 3.42. The van der Waals surface area contributed by atoms with Gasteiger partial charge in [0.05, 0.1) is 6.20 Å². The molecule has 1 atom stereocenters. The van der Waals surface area contributed by atoms with E-state index < -0.39 is 0 Å². The fraction of sp³-hybridized carbons (Fsp3) is 0.625. The average molecular weight is 153 g/mol. The Morgan fingerprint density at radius 1 is 1.73 bits per heavy atom. The zero-order valence-electron chi connectivity index (χ0n) is 7.09. The normalized spacial score (nSPS) is 13.3.